The van der Waals surface area contributed by atoms with Crippen molar-refractivity contribution >= 4 is 23.2 Å². The predicted molar refractivity (Wildman–Crippen MR) is 81.4 cm³/mol. The Balaban J connectivity index is 1.77. The zero-order valence-corrected chi connectivity index (χ0v) is 12.4. The standard InChI is InChI=1S/C15H20ClN3O/c1-17-15(20)10-2-3-12(16)14(8-10)18-13-5-7-19-6-4-11(13)9-19/h2-3,8,11,13,18H,4-7,9H2,1H3,(H,17,20). The second kappa shape index (κ2) is 5.62. The molecule has 2 heterocycles. The number of amides is 1. The summed E-state index contributed by atoms with van der Waals surface area (Å²) in [7, 11) is 1.64. The number of fused-ring (bicyclic) bond motifs is 2. The van der Waals surface area contributed by atoms with Crippen molar-refractivity contribution in [3.8, 4) is 0 Å². The molecule has 1 aromatic carbocycles. The Labute approximate surface area is 124 Å². The van der Waals surface area contributed by atoms with Crippen molar-refractivity contribution in [1.82, 2.24) is 10.2 Å². The molecule has 2 bridgehead atoms. The van der Waals surface area contributed by atoms with Crippen LogP contribution in [0.1, 0.15) is 23.2 Å². The highest BCUT2D eigenvalue weighted by Gasteiger charge is 2.34. The van der Waals surface area contributed by atoms with Crippen LogP contribution in [0.4, 0.5) is 5.69 Å². The molecule has 2 aliphatic heterocycles. The second-order valence-electron chi connectivity index (χ2n) is 5.66. The lowest BCUT2D eigenvalue weighted by atomic mass is 9.94. The normalized spacial score (nSPS) is 28.2. The van der Waals surface area contributed by atoms with Gasteiger partial charge in [0.05, 0.1) is 10.7 Å². The van der Waals surface area contributed by atoms with E-state index in [0.29, 0.717) is 22.5 Å². The van der Waals surface area contributed by atoms with Crippen molar-refractivity contribution in [3.63, 3.8) is 0 Å². The number of carbonyl (C=O) groups is 1. The third kappa shape index (κ3) is 2.63. The largest absolute Gasteiger partial charge is 0.381 e. The van der Waals surface area contributed by atoms with Crippen molar-refractivity contribution < 1.29 is 4.79 Å². The summed E-state index contributed by atoms with van der Waals surface area (Å²) in [6.07, 6.45) is 2.40. The fourth-order valence-corrected chi connectivity index (χ4v) is 3.43. The van der Waals surface area contributed by atoms with E-state index in [1.165, 1.54) is 19.5 Å². The molecule has 0 radical (unpaired) electrons. The second-order valence-corrected chi connectivity index (χ2v) is 6.07. The van der Waals surface area contributed by atoms with E-state index in [2.05, 4.69) is 15.5 Å². The lowest BCUT2D eigenvalue weighted by Crippen LogP contribution is -2.39. The SMILES string of the molecule is CNC(=O)c1ccc(Cl)c(NC2CCN3CCC2C3)c1. The molecule has 20 heavy (non-hydrogen) atoms. The molecule has 108 valence electrons. The van der Waals surface area contributed by atoms with E-state index in [4.69, 9.17) is 11.6 Å². The van der Waals surface area contributed by atoms with Crippen LogP contribution in [0, 0.1) is 5.92 Å². The maximum absolute atomic E-state index is 11.7. The fraction of sp³-hybridized carbons (Fsp3) is 0.533. The molecule has 0 aromatic heterocycles. The molecule has 2 aliphatic rings. The van der Waals surface area contributed by atoms with Gasteiger partial charge in [0.2, 0.25) is 0 Å². The van der Waals surface area contributed by atoms with Gasteiger partial charge in [-0.1, -0.05) is 11.6 Å². The molecule has 1 aromatic rings. The predicted octanol–water partition coefficient (Wildman–Crippen LogP) is 2.21. The number of hydrogen-bond donors (Lipinski definition) is 2. The van der Waals surface area contributed by atoms with Crippen molar-refractivity contribution in [2.45, 2.75) is 18.9 Å². The summed E-state index contributed by atoms with van der Waals surface area (Å²) < 4.78 is 0. The number of halogens is 1. The van der Waals surface area contributed by atoms with Crippen LogP contribution in [-0.2, 0) is 0 Å². The summed E-state index contributed by atoms with van der Waals surface area (Å²) in [5.74, 6) is 0.615. The summed E-state index contributed by atoms with van der Waals surface area (Å²) in [6.45, 7) is 3.56. The van der Waals surface area contributed by atoms with E-state index in [-0.39, 0.29) is 5.91 Å². The molecule has 1 amide bonds. The zero-order valence-electron chi connectivity index (χ0n) is 11.7. The van der Waals surface area contributed by atoms with Crippen LogP contribution in [0.15, 0.2) is 18.2 Å². The van der Waals surface area contributed by atoms with E-state index in [0.717, 1.165) is 18.7 Å². The highest BCUT2D eigenvalue weighted by molar-refractivity contribution is 6.33. The lowest BCUT2D eigenvalue weighted by Gasteiger charge is -2.32. The fourth-order valence-electron chi connectivity index (χ4n) is 3.26. The van der Waals surface area contributed by atoms with Gasteiger partial charge >= 0.3 is 0 Å². The van der Waals surface area contributed by atoms with Gasteiger partial charge in [0.1, 0.15) is 0 Å². The highest BCUT2D eigenvalue weighted by atomic mass is 35.5. The monoisotopic (exact) mass is 293 g/mol. The lowest BCUT2D eigenvalue weighted by molar-refractivity contribution is 0.0963. The average molecular weight is 294 g/mol. The van der Waals surface area contributed by atoms with Gasteiger partial charge in [-0.2, -0.15) is 0 Å². The summed E-state index contributed by atoms with van der Waals surface area (Å²) >= 11 is 6.26. The summed E-state index contributed by atoms with van der Waals surface area (Å²) in [5.41, 5.74) is 1.52. The van der Waals surface area contributed by atoms with Crippen LogP contribution in [0.2, 0.25) is 5.02 Å². The van der Waals surface area contributed by atoms with E-state index >= 15 is 0 Å². The maximum atomic E-state index is 11.7. The first kappa shape index (κ1) is 13.7. The first-order valence-electron chi connectivity index (χ1n) is 7.18. The van der Waals surface area contributed by atoms with Crippen LogP contribution in [0.5, 0.6) is 0 Å². The van der Waals surface area contributed by atoms with Gasteiger partial charge in [-0.25, -0.2) is 0 Å². The summed E-state index contributed by atoms with van der Waals surface area (Å²) in [5, 5.41) is 6.88. The molecule has 0 saturated carbocycles. The van der Waals surface area contributed by atoms with Crippen LogP contribution >= 0.6 is 11.6 Å². The molecule has 0 spiro atoms. The Bertz CT molecular complexity index is 520. The molecule has 3 rings (SSSR count). The minimum Gasteiger partial charge on any atom is -0.381 e. The molecule has 2 fully saturated rings. The van der Waals surface area contributed by atoms with E-state index in [1.54, 1.807) is 19.2 Å². The first-order chi connectivity index (χ1) is 9.67. The Morgan fingerprint density at radius 3 is 2.95 bits per heavy atom. The molecule has 2 saturated heterocycles. The number of hydrogen-bond acceptors (Lipinski definition) is 3. The van der Waals surface area contributed by atoms with Gasteiger partial charge in [-0.3, -0.25) is 4.79 Å². The van der Waals surface area contributed by atoms with Crippen molar-refractivity contribution in [3.05, 3.63) is 28.8 Å². The Morgan fingerprint density at radius 1 is 1.35 bits per heavy atom. The minimum absolute atomic E-state index is 0.0830. The third-order valence-electron chi connectivity index (χ3n) is 4.43. The smallest absolute Gasteiger partial charge is 0.251 e. The Morgan fingerprint density at radius 2 is 2.15 bits per heavy atom. The summed E-state index contributed by atoms with van der Waals surface area (Å²) in [4.78, 5) is 14.2. The molecule has 2 N–H and O–H groups in total. The maximum Gasteiger partial charge on any atom is 0.251 e. The van der Waals surface area contributed by atoms with Crippen molar-refractivity contribution in [2.75, 3.05) is 32.0 Å². The number of anilines is 1. The number of nitrogens with one attached hydrogen (secondary N) is 2. The topological polar surface area (TPSA) is 44.4 Å². The third-order valence-corrected chi connectivity index (χ3v) is 4.76. The Kier molecular flexibility index (Phi) is 3.85. The first-order valence-corrected chi connectivity index (χ1v) is 7.55. The van der Waals surface area contributed by atoms with Gasteiger partial charge in [0.15, 0.2) is 0 Å². The number of carbonyl (C=O) groups excluding carboxylic acids is 1. The molecule has 4 nitrogen and oxygen atoms in total. The van der Waals surface area contributed by atoms with Crippen LogP contribution in [-0.4, -0.2) is 43.5 Å². The van der Waals surface area contributed by atoms with Gasteiger partial charge < -0.3 is 15.5 Å². The Hall–Kier alpha value is -1.26. The number of piperidine rings is 1. The van der Waals surface area contributed by atoms with Gasteiger partial charge in [0.25, 0.3) is 5.91 Å². The van der Waals surface area contributed by atoms with Crippen LogP contribution in [0.3, 0.4) is 0 Å². The molecular weight excluding hydrogens is 274 g/mol. The van der Waals surface area contributed by atoms with Crippen molar-refractivity contribution in [1.29, 1.82) is 0 Å². The molecule has 0 aliphatic carbocycles. The number of rotatable bonds is 3. The van der Waals surface area contributed by atoms with Crippen LogP contribution < -0.4 is 10.6 Å². The van der Waals surface area contributed by atoms with E-state index in [1.807, 2.05) is 6.07 Å². The quantitative estimate of drug-likeness (QED) is 0.898. The van der Waals surface area contributed by atoms with E-state index < -0.39 is 0 Å². The zero-order chi connectivity index (χ0) is 14.1. The number of nitrogens with zero attached hydrogens (tertiary/aromatic N) is 1. The summed E-state index contributed by atoms with van der Waals surface area (Å²) in [6, 6.07) is 5.86. The van der Waals surface area contributed by atoms with Gasteiger partial charge in [-0.05, 0) is 43.5 Å². The molecule has 3 atom stereocenters. The molecule has 5 heteroatoms. The molecule has 3 unspecified atom stereocenters. The van der Waals surface area contributed by atoms with Gasteiger partial charge in [-0.15, -0.1) is 0 Å². The number of benzene rings is 1. The van der Waals surface area contributed by atoms with Crippen LogP contribution in [0.25, 0.3) is 0 Å². The minimum atomic E-state index is -0.0830. The van der Waals surface area contributed by atoms with Crippen molar-refractivity contribution in [2.24, 2.45) is 5.92 Å². The molecular formula is C15H20ClN3O. The van der Waals surface area contributed by atoms with E-state index in [9.17, 15) is 4.79 Å². The van der Waals surface area contributed by atoms with Gasteiger partial charge in [0, 0.05) is 31.7 Å². The average Bonchev–Trinajstić information content (AvgIpc) is 2.86. The highest BCUT2D eigenvalue weighted by Crippen LogP contribution is 2.32.